The Labute approximate surface area is 117 Å². The Morgan fingerprint density at radius 3 is 1.65 bits per heavy atom. The lowest BCUT2D eigenvalue weighted by Crippen LogP contribution is -2.67. The van der Waals surface area contributed by atoms with Crippen molar-refractivity contribution in [1.29, 1.82) is 0 Å². The van der Waals surface area contributed by atoms with Gasteiger partial charge in [-0.1, -0.05) is 36.5 Å². The van der Waals surface area contributed by atoms with Crippen molar-refractivity contribution in [2.75, 3.05) is 0 Å². The molecule has 0 aromatic rings. The van der Waals surface area contributed by atoms with Gasteiger partial charge in [-0.05, 0) is 36.8 Å². The third-order valence-corrected chi connectivity index (χ3v) is 6.57. The Morgan fingerprint density at radius 1 is 0.800 bits per heavy atom. The topological polar surface area (TPSA) is 34.1 Å². The Bertz CT molecular complexity index is 611. The quantitative estimate of drug-likeness (QED) is 0.630. The summed E-state index contributed by atoms with van der Waals surface area (Å²) in [5, 5.41) is 0. The van der Waals surface area contributed by atoms with E-state index in [2.05, 4.69) is 36.5 Å². The SMILES string of the molecule is O=C1C=CC(=O)[C@@H]2[C@@H]1[C@H]1C=C[C@H]2[C@@]23C=C[C@]12CC=CC3. The number of ketones is 2. The highest BCUT2D eigenvalue weighted by molar-refractivity contribution is 6.08. The van der Waals surface area contributed by atoms with E-state index in [0.29, 0.717) is 0 Å². The van der Waals surface area contributed by atoms with E-state index >= 15 is 0 Å². The van der Waals surface area contributed by atoms with Crippen molar-refractivity contribution in [3.8, 4) is 0 Å². The molecule has 0 radical (unpaired) electrons. The van der Waals surface area contributed by atoms with Gasteiger partial charge in [0.15, 0.2) is 11.6 Å². The predicted octanol–water partition coefficient (Wildman–Crippen LogP) is 2.64. The fourth-order valence-electron chi connectivity index (χ4n) is 5.70. The standard InChI is InChI=1S/C18H16O2/c19-13-5-6-14(20)16-12-4-3-11(15(13)16)17-7-1-2-8-18(12,17)10-9-17/h1-6,9-12,15-16H,7-8H2/t11-,12-,15-,16-,17-,18-/m1/s1. The third kappa shape index (κ3) is 0.895. The molecule has 0 aliphatic heterocycles. The first kappa shape index (κ1) is 11.0. The number of rotatable bonds is 0. The summed E-state index contributed by atoms with van der Waals surface area (Å²) in [6.45, 7) is 0. The van der Waals surface area contributed by atoms with E-state index < -0.39 is 0 Å². The molecule has 0 aromatic carbocycles. The second kappa shape index (κ2) is 3.13. The Balaban J connectivity index is 1.76. The van der Waals surface area contributed by atoms with Crippen LogP contribution in [0, 0.1) is 34.5 Å². The monoisotopic (exact) mass is 264 g/mol. The average Bonchev–Trinajstić information content (AvgIpc) is 2.45. The average molecular weight is 264 g/mol. The predicted molar refractivity (Wildman–Crippen MR) is 74.6 cm³/mol. The van der Waals surface area contributed by atoms with Gasteiger partial charge in [0.05, 0.1) is 0 Å². The molecule has 0 saturated heterocycles. The van der Waals surface area contributed by atoms with E-state index in [0.717, 1.165) is 12.8 Å². The minimum Gasteiger partial charge on any atom is -0.294 e. The number of carbonyl (C=O) groups is 2. The lowest BCUT2D eigenvalue weighted by atomic mass is 9.32. The molecule has 2 heteroatoms. The number of carbonyl (C=O) groups excluding carboxylic acids is 2. The maximum Gasteiger partial charge on any atom is 0.160 e. The lowest BCUT2D eigenvalue weighted by molar-refractivity contribution is -0.156. The molecule has 100 valence electrons. The molecule has 0 unspecified atom stereocenters. The minimum absolute atomic E-state index is 0.101. The van der Waals surface area contributed by atoms with Gasteiger partial charge in [0.2, 0.25) is 0 Å². The van der Waals surface area contributed by atoms with Crippen LogP contribution >= 0.6 is 0 Å². The van der Waals surface area contributed by atoms with Gasteiger partial charge in [0.1, 0.15) is 0 Å². The van der Waals surface area contributed by atoms with Crippen LogP contribution in [0.25, 0.3) is 0 Å². The van der Waals surface area contributed by atoms with E-state index in [9.17, 15) is 9.59 Å². The molecule has 0 aromatic heterocycles. The molecule has 1 saturated carbocycles. The van der Waals surface area contributed by atoms with Gasteiger partial charge in [-0.3, -0.25) is 9.59 Å². The van der Waals surface area contributed by atoms with Crippen molar-refractivity contribution < 1.29 is 9.59 Å². The molecule has 6 aliphatic carbocycles. The van der Waals surface area contributed by atoms with Crippen LogP contribution in [0.3, 0.4) is 0 Å². The van der Waals surface area contributed by atoms with Crippen LogP contribution in [0.15, 0.2) is 48.6 Å². The van der Waals surface area contributed by atoms with E-state index in [4.69, 9.17) is 0 Å². The molecular weight excluding hydrogens is 248 g/mol. The summed E-state index contributed by atoms with van der Waals surface area (Å²) in [4.78, 5) is 24.8. The fraction of sp³-hybridized carbons (Fsp3) is 0.444. The first-order valence-corrected chi connectivity index (χ1v) is 7.49. The third-order valence-electron chi connectivity index (χ3n) is 6.57. The van der Waals surface area contributed by atoms with Gasteiger partial charge < -0.3 is 0 Å². The summed E-state index contributed by atoms with van der Waals surface area (Å²) in [5.74, 6) is 0.486. The Morgan fingerprint density at radius 2 is 1.25 bits per heavy atom. The second-order valence-electron chi connectivity index (χ2n) is 6.92. The number of hydrogen-bond donors (Lipinski definition) is 0. The Hall–Kier alpha value is -1.70. The maximum absolute atomic E-state index is 12.4. The molecule has 0 heterocycles. The van der Waals surface area contributed by atoms with Gasteiger partial charge >= 0.3 is 0 Å². The smallest absolute Gasteiger partial charge is 0.160 e. The molecular formula is C18H16O2. The highest BCUT2D eigenvalue weighted by Gasteiger charge is 2.71. The van der Waals surface area contributed by atoms with Gasteiger partial charge in [-0.15, -0.1) is 0 Å². The molecule has 2 nitrogen and oxygen atoms in total. The number of hydrogen-bond acceptors (Lipinski definition) is 2. The van der Waals surface area contributed by atoms with Crippen LogP contribution in [0.2, 0.25) is 0 Å². The molecule has 0 N–H and O–H groups in total. The van der Waals surface area contributed by atoms with Gasteiger partial charge in [0, 0.05) is 22.7 Å². The van der Waals surface area contributed by atoms with Crippen molar-refractivity contribution in [2.45, 2.75) is 12.8 Å². The molecule has 0 amide bonds. The molecule has 1 fully saturated rings. The normalized spacial score (nSPS) is 53.4. The minimum atomic E-state index is -0.118. The first-order valence-electron chi connectivity index (χ1n) is 7.49. The van der Waals surface area contributed by atoms with Crippen LogP contribution in [-0.4, -0.2) is 11.6 Å². The summed E-state index contributed by atoms with van der Waals surface area (Å²) >= 11 is 0. The summed E-state index contributed by atoms with van der Waals surface area (Å²) in [6.07, 6.45) is 18.7. The fourth-order valence-corrected chi connectivity index (χ4v) is 5.70. The highest BCUT2D eigenvalue weighted by Crippen LogP contribution is 2.74. The van der Waals surface area contributed by atoms with Crippen LogP contribution in [0.5, 0.6) is 0 Å². The summed E-state index contributed by atoms with van der Waals surface area (Å²) < 4.78 is 0. The molecule has 20 heavy (non-hydrogen) atoms. The van der Waals surface area contributed by atoms with Crippen LogP contribution < -0.4 is 0 Å². The van der Waals surface area contributed by atoms with Gasteiger partial charge in [-0.25, -0.2) is 0 Å². The summed E-state index contributed by atoms with van der Waals surface area (Å²) in [6, 6.07) is 0. The largest absolute Gasteiger partial charge is 0.294 e. The molecule has 2 bridgehead atoms. The summed E-state index contributed by atoms with van der Waals surface area (Å²) in [5.41, 5.74) is 0.201. The molecule has 6 aliphatic rings. The zero-order chi connectivity index (χ0) is 13.5. The second-order valence-corrected chi connectivity index (χ2v) is 6.92. The molecule has 6 rings (SSSR count). The van der Waals surface area contributed by atoms with Gasteiger partial charge in [-0.2, -0.15) is 0 Å². The molecule has 6 atom stereocenters. The summed E-state index contributed by atoms with van der Waals surface area (Å²) in [7, 11) is 0. The van der Waals surface area contributed by atoms with Crippen molar-refractivity contribution >= 4 is 11.6 Å². The highest BCUT2D eigenvalue weighted by atomic mass is 16.1. The lowest BCUT2D eigenvalue weighted by Gasteiger charge is -2.70. The van der Waals surface area contributed by atoms with Crippen LogP contribution in [0.1, 0.15) is 12.8 Å². The van der Waals surface area contributed by atoms with Crippen molar-refractivity contribution in [3.63, 3.8) is 0 Å². The van der Waals surface area contributed by atoms with E-state index in [1.54, 1.807) is 0 Å². The van der Waals surface area contributed by atoms with E-state index in [1.165, 1.54) is 12.2 Å². The van der Waals surface area contributed by atoms with Gasteiger partial charge in [0.25, 0.3) is 0 Å². The van der Waals surface area contributed by atoms with E-state index in [-0.39, 0.29) is 46.1 Å². The zero-order valence-electron chi connectivity index (χ0n) is 11.2. The number of allylic oxidation sites excluding steroid dienone is 8. The molecule has 0 spiro atoms. The Kier molecular flexibility index (Phi) is 1.73. The van der Waals surface area contributed by atoms with Crippen molar-refractivity contribution in [1.82, 2.24) is 0 Å². The van der Waals surface area contributed by atoms with E-state index in [1.807, 2.05) is 0 Å². The van der Waals surface area contributed by atoms with Crippen LogP contribution in [-0.2, 0) is 9.59 Å². The zero-order valence-corrected chi connectivity index (χ0v) is 11.2. The van der Waals surface area contributed by atoms with Crippen molar-refractivity contribution in [2.24, 2.45) is 34.5 Å². The maximum atomic E-state index is 12.4. The first-order chi connectivity index (χ1) is 9.70. The van der Waals surface area contributed by atoms with Crippen LogP contribution in [0.4, 0.5) is 0 Å². The van der Waals surface area contributed by atoms with Crippen molar-refractivity contribution in [3.05, 3.63) is 48.6 Å².